The number of rotatable bonds is 1. The van der Waals surface area contributed by atoms with Gasteiger partial charge in [-0.3, -0.25) is 0 Å². The SMILES string of the molecule is Cc1ccc2c(c1)[C@H]1C=CC[C@H]1[C@@H](C(=O)O)N2. The van der Waals surface area contributed by atoms with Crippen molar-refractivity contribution in [2.24, 2.45) is 5.92 Å². The summed E-state index contributed by atoms with van der Waals surface area (Å²) in [5, 5.41) is 12.4. The van der Waals surface area contributed by atoms with Crippen molar-refractivity contribution in [1.82, 2.24) is 0 Å². The molecule has 2 aliphatic rings. The Morgan fingerprint density at radius 1 is 1.47 bits per heavy atom. The standard InChI is InChI=1S/C14H15NO2/c1-8-5-6-12-11(7-8)9-3-2-4-10(9)13(15-12)14(16)17/h2-3,5-7,9-10,13,15H,4H2,1H3,(H,16,17)/t9-,10+,13-/m0/s1. The number of aliphatic carboxylic acids is 1. The summed E-state index contributed by atoms with van der Waals surface area (Å²) in [6.07, 6.45) is 5.10. The van der Waals surface area contributed by atoms with Crippen LogP contribution in [-0.2, 0) is 4.79 Å². The van der Waals surface area contributed by atoms with E-state index in [2.05, 4.69) is 30.5 Å². The number of benzene rings is 1. The van der Waals surface area contributed by atoms with Crippen LogP contribution in [0.1, 0.15) is 23.5 Å². The van der Waals surface area contributed by atoms with E-state index in [9.17, 15) is 9.90 Å². The highest BCUT2D eigenvalue weighted by Gasteiger charge is 2.40. The normalized spacial score (nSPS) is 29.4. The van der Waals surface area contributed by atoms with Gasteiger partial charge in [-0.05, 0) is 25.0 Å². The van der Waals surface area contributed by atoms with Gasteiger partial charge in [-0.1, -0.05) is 29.8 Å². The van der Waals surface area contributed by atoms with Gasteiger partial charge in [0.25, 0.3) is 0 Å². The number of allylic oxidation sites excluding steroid dienone is 2. The first-order valence-corrected chi connectivity index (χ1v) is 5.93. The third kappa shape index (κ3) is 1.54. The molecule has 1 aliphatic heterocycles. The maximum Gasteiger partial charge on any atom is 0.326 e. The van der Waals surface area contributed by atoms with Crippen LogP contribution in [0, 0.1) is 12.8 Å². The molecule has 3 rings (SSSR count). The van der Waals surface area contributed by atoms with Crippen LogP contribution in [0.3, 0.4) is 0 Å². The number of carbonyl (C=O) groups is 1. The highest BCUT2D eigenvalue weighted by atomic mass is 16.4. The van der Waals surface area contributed by atoms with E-state index in [0.29, 0.717) is 0 Å². The zero-order chi connectivity index (χ0) is 12.0. The summed E-state index contributed by atoms with van der Waals surface area (Å²) < 4.78 is 0. The van der Waals surface area contributed by atoms with Crippen molar-refractivity contribution >= 4 is 11.7 Å². The summed E-state index contributed by atoms with van der Waals surface area (Å²) in [5.74, 6) is -0.344. The Balaban J connectivity index is 2.09. The van der Waals surface area contributed by atoms with E-state index in [1.54, 1.807) is 0 Å². The lowest BCUT2D eigenvalue weighted by atomic mass is 9.79. The molecule has 1 heterocycles. The molecule has 0 spiro atoms. The third-order valence-corrected chi connectivity index (χ3v) is 3.78. The zero-order valence-corrected chi connectivity index (χ0v) is 9.68. The summed E-state index contributed by atoms with van der Waals surface area (Å²) in [6.45, 7) is 2.07. The molecule has 0 fully saturated rings. The lowest BCUT2D eigenvalue weighted by Gasteiger charge is -2.34. The molecule has 0 bridgehead atoms. The first-order chi connectivity index (χ1) is 8.16. The second kappa shape index (κ2) is 3.62. The molecule has 17 heavy (non-hydrogen) atoms. The molecule has 3 nitrogen and oxygen atoms in total. The lowest BCUT2D eigenvalue weighted by Crippen LogP contribution is -2.41. The van der Waals surface area contributed by atoms with E-state index in [1.807, 2.05) is 12.1 Å². The van der Waals surface area contributed by atoms with Gasteiger partial charge in [-0.2, -0.15) is 0 Å². The van der Waals surface area contributed by atoms with Gasteiger partial charge in [-0.15, -0.1) is 0 Å². The number of nitrogens with one attached hydrogen (secondary N) is 1. The summed E-state index contributed by atoms with van der Waals surface area (Å²) in [4.78, 5) is 11.3. The van der Waals surface area contributed by atoms with Gasteiger partial charge < -0.3 is 10.4 Å². The molecule has 0 aromatic heterocycles. The molecule has 0 unspecified atom stereocenters. The number of carboxylic acid groups (broad SMARTS) is 1. The predicted octanol–water partition coefficient (Wildman–Crippen LogP) is 2.53. The summed E-state index contributed by atoms with van der Waals surface area (Å²) in [6, 6.07) is 5.70. The first kappa shape index (κ1) is 10.4. The molecule has 0 amide bonds. The molecular weight excluding hydrogens is 214 g/mol. The number of hydrogen-bond donors (Lipinski definition) is 2. The van der Waals surface area contributed by atoms with E-state index in [-0.39, 0.29) is 11.8 Å². The summed E-state index contributed by atoms with van der Waals surface area (Å²) in [5.41, 5.74) is 3.43. The van der Waals surface area contributed by atoms with Gasteiger partial charge in [0, 0.05) is 17.5 Å². The van der Waals surface area contributed by atoms with Gasteiger partial charge in [0.15, 0.2) is 0 Å². The topological polar surface area (TPSA) is 49.3 Å². The van der Waals surface area contributed by atoms with Gasteiger partial charge in [-0.25, -0.2) is 4.79 Å². The average molecular weight is 229 g/mol. The number of anilines is 1. The van der Waals surface area contributed by atoms with Crippen molar-refractivity contribution in [3.8, 4) is 0 Å². The second-order valence-corrected chi connectivity index (χ2v) is 4.90. The van der Waals surface area contributed by atoms with Crippen LogP contribution in [-0.4, -0.2) is 17.1 Å². The maximum absolute atomic E-state index is 11.3. The van der Waals surface area contributed by atoms with Crippen LogP contribution in [0.25, 0.3) is 0 Å². The molecule has 0 saturated carbocycles. The minimum Gasteiger partial charge on any atom is -0.480 e. The monoisotopic (exact) mass is 229 g/mol. The molecule has 88 valence electrons. The van der Waals surface area contributed by atoms with Gasteiger partial charge in [0.05, 0.1) is 0 Å². The van der Waals surface area contributed by atoms with Gasteiger partial charge in [0.2, 0.25) is 0 Å². The smallest absolute Gasteiger partial charge is 0.326 e. The number of aryl methyl sites for hydroxylation is 1. The Morgan fingerprint density at radius 3 is 3.06 bits per heavy atom. The lowest BCUT2D eigenvalue weighted by molar-refractivity contribution is -0.139. The maximum atomic E-state index is 11.3. The largest absolute Gasteiger partial charge is 0.480 e. The summed E-state index contributed by atoms with van der Waals surface area (Å²) >= 11 is 0. The molecule has 3 heteroatoms. The van der Waals surface area contributed by atoms with Gasteiger partial charge in [0.1, 0.15) is 6.04 Å². The molecule has 2 N–H and O–H groups in total. The molecular formula is C14H15NO2. The van der Waals surface area contributed by atoms with Crippen LogP contribution in [0.2, 0.25) is 0 Å². The van der Waals surface area contributed by atoms with Gasteiger partial charge >= 0.3 is 5.97 Å². The molecule has 0 radical (unpaired) electrons. The Kier molecular flexibility index (Phi) is 2.21. The molecule has 1 aromatic carbocycles. The number of fused-ring (bicyclic) bond motifs is 3. The van der Waals surface area contributed by atoms with Crippen LogP contribution in [0.15, 0.2) is 30.4 Å². The van der Waals surface area contributed by atoms with E-state index in [4.69, 9.17) is 0 Å². The predicted molar refractivity (Wildman–Crippen MR) is 66.2 cm³/mol. The minimum atomic E-state index is -0.755. The molecule has 3 atom stereocenters. The number of hydrogen-bond acceptors (Lipinski definition) is 2. The van der Waals surface area contributed by atoms with Crippen molar-refractivity contribution in [2.75, 3.05) is 5.32 Å². The van der Waals surface area contributed by atoms with E-state index < -0.39 is 12.0 Å². The zero-order valence-electron chi connectivity index (χ0n) is 9.68. The average Bonchev–Trinajstić information content (AvgIpc) is 2.76. The second-order valence-electron chi connectivity index (χ2n) is 4.90. The Hall–Kier alpha value is -1.77. The van der Waals surface area contributed by atoms with E-state index in [0.717, 1.165) is 12.1 Å². The fourth-order valence-corrected chi connectivity index (χ4v) is 2.96. The Morgan fingerprint density at radius 2 is 2.29 bits per heavy atom. The van der Waals surface area contributed by atoms with Crippen molar-refractivity contribution in [1.29, 1.82) is 0 Å². The van der Waals surface area contributed by atoms with Crippen LogP contribution < -0.4 is 5.32 Å². The minimum absolute atomic E-state index is 0.154. The van der Waals surface area contributed by atoms with Crippen molar-refractivity contribution in [3.05, 3.63) is 41.5 Å². The highest BCUT2D eigenvalue weighted by Crippen LogP contribution is 2.44. The molecule has 1 aromatic rings. The first-order valence-electron chi connectivity index (χ1n) is 5.93. The number of carboxylic acids is 1. The van der Waals surface area contributed by atoms with Crippen molar-refractivity contribution in [3.63, 3.8) is 0 Å². The van der Waals surface area contributed by atoms with Crippen LogP contribution in [0.4, 0.5) is 5.69 Å². The molecule has 1 aliphatic carbocycles. The fourth-order valence-electron chi connectivity index (χ4n) is 2.96. The quantitative estimate of drug-likeness (QED) is 0.727. The highest BCUT2D eigenvalue weighted by molar-refractivity contribution is 5.80. The Bertz CT molecular complexity index is 507. The Labute approximate surface area is 100 Å². The van der Waals surface area contributed by atoms with Crippen molar-refractivity contribution in [2.45, 2.75) is 25.3 Å². The van der Waals surface area contributed by atoms with Crippen molar-refractivity contribution < 1.29 is 9.90 Å². The van der Waals surface area contributed by atoms with Crippen LogP contribution >= 0.6 is 0 Å². The molecule has 0 saturated heterocycles. The van der Waals surface area contributed by atoms with E-state index in [1.165, 1.54) is 11.1 Å². The summed E-state index contributed by atoms with van der Waals surface area (Å²) in [7, 11) is 0. The fraction of sp³-hybridized carbons (Fsp3) is 0.357. The van der Waals surface area contributed by atoms with E-state index >= 15 is 0 Å². The third-order valence-electron chi connectivity index (χ3n) is 3.78. The van der Waals surface area contributed by atoms with Crippen LogP contribution in [0.5, 0.6) is 0 Å².